The fourth-order valence-electron chi connectivity index (χ4n) is 1.33. The summed E-state index contributed by atoms with van der Waals surface area (Å²) in [4.78, 5) is 4.20. The Kier molecular flexibility index (Phi) is 4.90. The molecule has 0 fully saturated rings. The van der Waals surface area contributed by atoms with Gasteiger partial charge in [-0.25, -0.2) is 4.98 Å². The predicted octanol–water partition coefficient (Wildman–Crippen LogP) is 1.66. The Labute approximate surface area is 90.3 Å². The molecule has 0 radical (unpaired) electrons. The van der Waals surface area contributed by atoms with Gasteiger partial charge in [-0.1, -0.05) is 6.92 Å². The Morgan fingerprint density at radius 2 is 2.33 bits per heavy atom. The monoisotopic (exact) mass is 210 g/mol. The van der Waals surface area contributed by atoms with E-state index in [4.69, 9.17) is 9.84 Å². The lowest BCUT2D eigenvalue weighted by molar-refractivity contribution is 0.278. The zero-order chi connectivity index (χ0) is 11.1. The van der Waals surface area contributed by atoms with Crippen molar-refractivity contribution in [2.45, 2.75) is 25.8 Å². The number of anilines is 1. The Hall–Kier alpha value is -1.29. The van der Waals surface area contributed by atoms with Gasteiger partial charge in [0.15, 0.2) is 0 Å². The van der Waals surface area contributed by atoms with Gasteiger partial charge in [0.1, 0.15) is 11.6 Å². The second-order valence-electron chi connectivity index (χ2n) is 3.35. The Bertz CT molecular complexity index is 274. The van der Waals surface area contributed by atoms with Gasteiger partial charge in [0, 0.05) is 12.6 Å². The van der Waals surface area contributed by atoms with Crippen LogP contribution in [-0.4, -0.2) is 29.8 Å². The molecule has 0 aromatic carbocycles. The number of rotatable bonds is 6. The molecule has 4 heteroatoms. The van der Waals surface area contributed by atoms with Crippen LogP contribution in [0.25, 0.3) is 0 Å². The lowest BCUT2D eigenvalue weighted by atomic mass is 10.1. The molecule has 0 amide bonds. The van der Waals surface area contributed by atoms with Gasteiger partial charge in [0.25, 0.3) is 0 Å². The van der Waals surface area contributed by atoms with Crippen molar-refractivity contribution in [3.8, 4) is 5.75 Å². The second-order valence-corrected chi connectivity index (χ2v) is 3.35. The molecule has 0 saturated heterocycles. The molecule has 1 heterocycles. The Morgan fingerprint density at radius 3 is 2.80 bits per heavy atom. The van der Waals surface area contributed by atoms with E-state index in [0.717, 1.165) is 24.4 Å². The van der Waals surface area contributed by atoms with Gasteiger partial charge >= 0.3 is 0 Å². The molecule has 1 unspecified atom stereocenters. The minimum absolute atomic E-state index is 0.196. The molecule has 2 N–H and O–H groups in total. The van der Waals surface area contributed by atoms with Crippen LogP contribution in [0, 0.1) is 0 Å². The maximum atomic E-state index is 8.85. The summed E-state index contributed by atoms with van der Waals surface area (Å²) in [5.74, 6) is 1.56. The zero-order valence-electron chi connectivity index (χ0n) is 9.23. The van der Waals surface area contributed by atoms with Gasteiger partial charge < -0.3 is 15.2 Å². The molecule has 15 heavy (non-hydrogen) atoms. The largest absolute Gasteiger partial charge is 0.495 e. The normalized spacial score (nSPS) is 12.2. The van der Waals surface area contributed by atoms with Crippen LogP contribution in [-0.2, 0) is 0 Å². The number of hydrogen-bond acceptors (Lipinski definition) is 4. The summed E-state index contributed by atoms with van der Waals surface area (Å²) in [7, 11) is 1.62. The summed E-state index contributed by atoms with van der Waals surface area (Å²) >= 11 is 0. The van der Waals surface area contributed by atoms with E-state index in [1.54, 1.807) is 13.3 Å². The fourth-order valence-corrected chi connectivity index (χ4v) is 1.33. The molecule has 0 aliphatic rings. The van der Waals surface area contributed by atoms with Crippen LogP contribution in [0.15, 0.2) is 18.3 Å². The van der Waals surface area contributed by atoms with Gasteiger partial charge in [-0.3, -0.25) is 0 Å². The highest BCUT2D eigenvalue weighted by Gasteiger charge is 2.05. The number of pyridine rings is 1. The van der Waals surface area contributed by atoms with E-state index >= 15 is 0 Å². The fraction of sp³-hybridized carbons (Fsp3) is 0.545. The van der Waals surface area contributed by atoms with Crippen molar-refractivity contribution in [1.29, 1.82) is 0 Å². The van der Waals surface area contributed by atoms with Gasteiger partial charge in [-0.15, -0.1) is 0 Å². The number of methoxy groups -OCH3 is 1. The topological polar surface area (TPSA) is 54.4 Å². The molecule has 84 valence electrons. The first-order valence-corrected chi connectivity index (χ1v) is 5.17. The maximum Gasteiger partial charge on any atom is 0.137 e. The average Bonchev–Trinajstić information content (AvgIpc) is 2.29. The van der Waals surface area contributed by atoms with Crippen LogP contribution < -0.4 is 10.1 Å². The molecular formula is C11H18N2O2. The predicted molar refractivity (Wildman–Crippen MR) is 60.2 cm³/mol. The van der Waals surface area contributed by atoms with Crippen LogP contribution in [0.4, 0.5) is 5.82 Å². The molecule has 0 saturated carbocycles. The van der Waals surface area contributed by atoms with E-state index < -0.39 is 0 Å². The quantitative estimate of drug-likeness (QED) is 0.749. The van der Waals surface area contributed by atoms with E-state index in [-0.39, 0.29) is 12.6 Å². The summed E-state index contributed by atoms with van der Waals surface area (Å²) in [6.45, 7) is 2.28. The number of aliphatic hydroxyl groups excluding tert-OH is 1. The van der Waals surface area contributed by atoms with Crippen molar-refractivity contribution in [3.05, 3.63) is 18.3 Å². The second kappa shape index (κ2) is 6.24. The summed E-state index contributed by atoms with van der Waals surface area (Å²) in [6.07, 6.45) is 3.38. The molecule has 1 atom stereocenters. The van der Waals surface area contributed by atoms with Crippen LogP contribution in [0.5, 0.6) is 5.75 Å². The first-order valence-electron chi connectivity index (χ1n) is 5.17. The van der Waals surface area contributed by atoms with Crippen molar-refractivity contribution >= 4 is 5.82 Å². The smallest absolute Gasteiger partial charge is 0.137 e. The summed E-state index contributed by atoms with van der Waals surface area (Å²) in [6, 6.07) is 4.01. The van der Waals surface area contributed by atoms with Crippen molar-refractivity contribution in [2.24, 2.45) is 0 Å². The third kappa shape index (κ3) is 3.75. The molecule has 0 aliphatic carbocycles. The Morgan fingerprint density at radius 1 is 1.53 bits per heavy atom. The maximum absolute atomic E-state index is 8.85. The lowest BCUT2D eigenvalue weighted by Gasteiger charge is -2.16. The number of nitrogens with one attached hydrogen (secondary N) is 1. The molecule has 1 rings (SSSR count). The van der Waals surface area contributed by atoms with Crippen molar-refractivity contribution in [2.75, 3.05) is 19.0 Å². The average molecular weight is 210 g/mol. The van der Waals surface area contributed by atoms with E-state index in [2.05, 4.69) is 17.2 Å². The standard InChI is InChI=1S/C11H18N2O2/c1-3-9(6-7-14)13-11-5-4-10(15-2)8-12-11/h4-5,8-9,14H,3,6-7H2,1-2H3,(H,12,13). The SMILES string of the molecule is CCC(CCO)Nc1ccc(OC)cn1. The number of nitrogens with zero attached hydrogens (tertiary/aromatic N) is 1. The minimum atomic E-state index is 0.196. The number of aromatic nitrogens is 1. The van der Waals surface area contributed by atoms with E-state index in [1.807, 2.05) is 12.1 Å². The van der Waals surface area contributed by atoms with Crippen LogP contribution in [0.3, 0.4) is 0 Å². The molecule has 1 aromatic heterocycles. The highest BCUT2D eigenvalue weighted by atomic mass is 16.5. The molecule has 0 aliphatic heterocycles. The van der Waals surface area contributed by atoms with Crippen LogP contribution in [0.2, 0.25) is 0 Å². The zero-order valence-corrected chi connectivity index (χ0v) is 9.23. The van der Waals surface area contributed by atoms with Gasteiger partial charge in [0.2, 0.25) is 0 Å². The van der Waals surface area contributed by atoms with E-state index in [1.165, 1.54) is 0 Å². The summed E-state index contributed by atoms with van der Waals surface area (Å²) in [5.41, 5.74) is 0. The minimum Gasteiger partial charge on any atom is -0.495 e. The molecule has 4 nitrogen and oxygen atoms in total. The van der Waals surface area contributed by atoms with E-state index in [9.17, 15) is 0 Å². The lowest BCUT2D eigenvalue weighted by Crippen LogP contribution is -2.20. The summed E-state index contributed by atoms with van der Waals surface area (Å²) in [5, 5.41) is 12.1. The highest BCUT2D eigenvalue weighted by Crippen LogP contribution is 2.13. The van der Waals surface area contributed by atoms with Gasteiger partial charge in [-0.05, 0) is 25.0 Å². The van der Waals surface area contributed by atoms with Crippen LogP contribution in [0.1, 0.15) is 19.8 Å². The number of aliphatic hydroxyl groups is 1. The van der Waals surface area contributed by atoms with E-state index in [0.29, 0.717) is 0 Å². The van der Waals surface area contributed by atoms with Crippen molar-refractivity contribution < 1.29 is 9.84 Å². The molecule has 0 bridgehead atoms. The number of ether oxygens (including phenoxy) is 1. The van der Waals surface area contributed by atoms with Crippen LogP contribution >= 0.6 is 0 Å². The highest BCUT2D eigenvalue weighted by molar-refractivity contribution is 5.38. The molecule has 0 spiro atoms. The molecule has 1 aromatic rings. The van der Waals surface area contributed by atoms with Gasteiger partial charge in [0.05, 0.1) is 13.3 Å². The van der Waals surface area contributed by atoms with Crippen molar-refractivity contribution in [1.82, 2.24) is 4.98 Å². The Balaban J connectivity index is 2.55. The summed E-state index contributed by atoms with van der Waals surface area (Å²) < 4.78 is 5.02. The van der Waals surface area contributed by atoms with Crippen molar-refractivity contribution in [3.63, 3.8) is 0 Å². The third-order valence-electron chi connectivity index (χ3n) is 2.29. The number of hydrogen-bond donors (Lipinski definition) is 2. The molecular weight excluding hydrogens is 192 g/mol. The first kappa shape index (κ1) is 11.8. The third-order valence-corrected chi connectivity index (χ3v) is 2.29. The first-order chi connectivity index (χ1) is 7.30. The van der Waals surface area contributed by atoms with Gasteiger partial charge in [-0.2, -0.15) is 0 Å².